The molecule has 0 radical (unpaired) electrons. The van der Waals surface area contributed by atoms with E-state index in [1.807, 2.05) is 67.6 Å². The van der Waals surface area contributed by atoms with E-state index >= 15 is 0 Å². The number of para-hydroxylation sites is 1. The van der Waals surface area contributed by atoms with Crippen LogP contribution in [0.3, 0.4) is 0 Å². The van der Waals surface area contributed by atoms with E-state index < -0.39 is 6.23 Å². The van der Waals surface area contributed by atoms with Crippen molar-refractivity contribution in [2.75, 3.05) is 17.3 Å². The van der Waals surface area contributed by atoms with E-state index in [0.29, 0.717) is 34.8 Å². The lowest BCUT2D eigenvalue weighted by atomic mass is 10.0. The lowest BCUT2D eigenvalue weighted by Gasteiger charge is -2.31. The number of ether oxygens (including phenoxy) is 2. The van der Waals surface area contributed by atoms with Gasteiger partial charge in [0.1, 0.15) is 5.75 Å². The van der Waals surface area contributed by atoms with Crippen molar-refractivity contribution in [3.8, 4) is 22.9 Å². The normalized spacial score (nSPS) is 14.5. The summed E-state index contributed by atoms with van der Waals surface area (Å²) in [6, 6.07) is 19.7. The molecule has 1 amide bonds. The average molecular weight is 515 g/mol. The first kappa shape index (κ1) is 25.0. The average Bonchev–Trinajstić information content (AvgIpc) is 3.05. The standard InChI is InChI=1S/C29H30N4O3S/c1-4-6-11-18-37-29-30-27-26(31-32-29)22-14-9-10-15-23(22)33(19(3)34)28(36-27)25-21-13-8-7-12-20(21)16-17-24(25)35-5-2/h7-10,12-17,28H,4-6,11,18H2,1-3H3/t28-/m0/s1. The number of aromatic nitrogens is 3. The van der Waals surface area contributed by atoms with Gasteiger partial charge in [-0.2, -0.15) is 4.98 Å². The van der Waals surface area contributed by atoms with Gasteiger partial charge < -0.3 is 9.47 Å². The Morgan fingerprint density at radius 2 is 1.84 bits per heavy atom. The lowest BCUT2D eigenvalue weighted by Crippen LogP contribution is -2.36. The van der Waals surface area contributed by atoms with E-state index in [1.54, 1.807) is 23.6 Å². The van der Waals surface area contributed by atoms with Crippen LogP contribution in [0.15, 0.2) is 65.8 Å². The number of thioether (sulfide) groups is 1. The van der Waals surface area contributed by atoms with E-state index in [9.17, 15) is 4.79 Å². The summed E-state index contributed by atoms with van der Waals surface area (Å²) < 4.78 is 12.7. The van der Waals surface area contributed by atoms with Crippen LogP contribution in [0.1, 0.15) is 51.8 Å². The summed E-state index contributed by atoms with van der Waals surface area (Å²) in [5, 5.41) is 11.5. The minimum Gasteiger partial charge on any atom is -0.493 e. The first-order valence-corrected chi connectivity index (χ1v) is 13.7. The highest BCUT2D eigenvalue weighted by Crippen LogP contribution is 2.46. The molecule has 0 bridgehead atoms. The number of hydrogen-bond donors (Lipinski definition) is 0. The van der Waals surface area contributed by atoms with Crippen LogP contribution in [0.4, 0.5) is 5.69 Å². The second kappa shape index (κ2) is 11.2. The van der Waals surface area contributed by atoms with Crippen molar-refractivity contribution in [1.82, 2.24) is 15.2 Å². The molecule has 8 heteroatoms. The number of rotatable bonds is 8. The van der Waals surface area contributed by atoms with Crippen LogP contribution in [0.5, 0.6) is 11.6 Å². The van der Waals surface area contributed by atoms with Gasteiger partial charge in [-0.25, -0.2) is 0 Å². The van der Waals surface area contributed by atoms with Gasteiger partial charge in [0.25, 0.3) is 0 Å². The molecular weight excluding hydrogens is 484 g/mol. The first-order chi connectivity index (χ1) is 18.1. The van der Waals surface area contributed by atoms with Crippen LogP contribution in [0.2, 0.25) is 0 Å². The predicted molar refractivity (Wildman–Crippen MR) is 147 cm³/mol. The fourth-order valence-corrected chi connectivity index (χ4v) is 5.41. The predicted octanol–water partition coefficient (Wildman–Crippen LogP) is 6.82. The van der Waals surface area contributed by atoms with Gasteiger partial charge >= 0.3 is 0 Å². The zero-order valence-corrected chi connectivity index (χ0v) is 22.1. The molecule has 4 aromatic rings. The molecule has 0 N–H and O–H groups in total. The van der Waals surface area contributed by atoms with Crippen LogP contribution < -0.4 is 14.4 Å². The molecule has 0 aliphatic carbocycles. The highest BCUT2D eigenvalue weighted by Gasteiger charge is 2.37. The number of amides is 1. The molecule has 5 rings (SSSR count). The van der Waals surface area contributed by atoms with Crippen LogP contribution in [0.25, 0.3) is 22.0 Å². The van der Waals surface area contributed by atoms with Crippen LogP contribution in [-0.4, -0.2) is 33.4 Å². The Kier molecular flexibility index (Phi) is 7.55. The zero-order chi connectivity index (χ0) is 25.8. The molecule has 0 fully saturated rings. The number of unbranched alkanes of at least 4 members (excludes halogenated alkanes) is 2. The highest BCUT2D eigenvalue weighted by molar-refractivity contribution is 7.99. The maximum Gasteiger partial charge on any atom is 0.247 e. The smallest absolute Gasteiger partial charge is 0.247 e. The molecule has 7 nitrogen and oxygen atoms in total. The van der Waals surface area contributed by atoms with Gasteiger partial charge in [-0.05, 0) is 36.2 Å². The molecule has 1 atom stereocenters. The van der Waals surface area contributed by atoms with E-state index in [0.717, 1.165) is 46.9 Å². The molecule has 0 spiro atoms. The summed E-state index contributed by atoms with van der Waals surface area (Å²) in [7, 11) is 0. The number of carbonyl (C=O) groups excluding carboxylic acids is 1. The third kappa shape index (κ3) is 4.98. The monoisotopic (exact) mass is 514 g/mol. The second-order valence-electron chi connectivity index (χ2n) is 8.81. The number of fused-ring (bicyclic) bond motifs is 4. The summed E-state index contributed by atoms with van der Waals surface area (Å²) >= 11 is 1.57. The van der Waals surface area contributed by atoms with Gasteiger partial charge in [0.05, 0.1) is 17.9 Å². The number of nitrogens with zero attached hydrogens (tertiary/aromatic N) is 4. The van der Waals surface area contributed by atoms with Crippen molar-refractivity contribution in [2.24, 2.45) is 0 Å². The molecule has 190 valence electrons. The number of benzene rings is 3. The van der Waals surface area contributed by atoms with Crippen LogP contribution >= 0.6 is 11.8 Å². The van der Waals surface area contributed by atoms with Crippen molar-refractivity contribution < 1.29 is 14.3 Å². The van der Waals surface area contributed by atoms with E-state index in [4.69, 9.17) is 14.5 Å². The summed E-state index contributed by atoms with van der Waals surface area (Å²) in [6.45, 7) is 6.15. The van der Waals surface area contributed by atoms with Crippen molar-refractivity contribution in [1.29, 1.82) is 0 Å². The van der Waals surface area contributed by atoms with Gasteiger partial charge in [0.15, 0.2) is 5.69 Å². The van der Waals surface area contributed by atoms with Crippen molar-refractivity contribution in [2.45, 2.75) is 51.4 Å². The van der Waals surface area contributed by atoms with Crippen molar-refractivity contribution in [3.63, 3.8) is 0 Å². The van der Waals surface area contributed by atoms with Crippen molar-refractivity contribution >= 4 is 34.1 Å². The summed E-state index contributed by atoms with van der Waals surface area (Å²) in [5.74, 6) is 1.76. The van der Waals surface area contributed by atoms with E-state index in [2.05, 4.69) is 17.1 Å². The molecule has 3 aromatic carbocycles. The molecule has 2 heterocycles. The Bertz CT molecular complexity index is 1430. The summed E-state index contributed by atoms with van der Waals surface area (Å²) in [6.07, 6.45) is 2.58. The van der Waals surface area contributed by atoms with E-state index in [1.165, 1.54) is 0 Å². The number of carbonyl (C=O) groups is 1. The quantitative estimate of drug-likeness (QED) is 0.189. The maximum absolute atomic E-state index is 13.3. The fraction of sp³-hybridized carbons (Fsp3) is 0.310. The fourth-order valence-electron chi connectivity index (χ4n) is 4.63. The minimum atomic E-state index is -0.817. The molecule has 37 heavy (non-hydrogen) atoms. The van der Waals surface area contributed by atoms with Crippen molar-refractivity contribution in [3.05, 3.63) is 66.2 Å². The Labute approximate surface area is 221 Å². The SMILES string of the molecule is CCCCCSc1nnc2c(n1)O[C@@H](c1c(OCC)ccc3ccccc13)N(C(C)=O)c1ccccc1-2. The molecular formula is C29H30N4O3S. The highest BCUT2D eigenvalue weighted by atomic mass is 32.2. The molecule has 0 saturated heterocycles. The van der Waals surface area contributed by atoms with Gasteiger partial charge in [-0.15, -0.1) is 10.2 Å². The number of hydrogen-bond acceptors (Lipinski definition) is 7. The molecule has 0 unspecified atom stereocenters. The third-order valence-corrected chi connectivity index (χ3v) is 7.23. The van der Waals surface area contributed by atoms with E-state index in [-0.39, 0.29) is 5.91 Å². The molecule has 1 aliphatic heterocycles. The Morgan fingerprint density at radius 3 is 2.65 bits per heavy atom. The topological polar surface area (TPSA) is 77.4 Å². The zero-order valence-electron chi connectivity index (χ0n) is 21.3. The van der Waals surface area contributed by atoms with Crippen LogP contribution in [0, 0.1) is 0 Å². The number of anilines is 1. The lowest BCUT2D eigenvalue weighted by molar-refractivity contribution is -0.118. The van der Waals surface area contributed by atoms with Gasteiger partial charge in [0, 0.05) is 18.2 Å². The summed E-state index contributed by atoms with van der Waals surface area (Å²) in [5.41, 5.74) is 2.72. The Hall–Kier alpha value is -3.65. The minimum absolute atomic E-state index is 0.164. The van der Waals surface area contributed by atoms with Crippen LogP contribution in [-0.2, 0) is 4.79 Å². The first-order valence-electron chi connectivity index (χ1n) is 12.7. The molecule has 1 aromatic heterocycles. The second-order valence-corrected chi connectivity index (χ2v) is 9.87. The molecule has 1 aliphatic rings. The Balaban J connectivity index is 1.70. The third-order valence-electron chi connectivity index (χ3n) is 6.31. The maximum atomic E-state index is 13.3. The largest absolute Gasteiger partial charge is 0.493 e. The van der Waals surface area contributed by atoms with Gasteiger partial charge in [-0.3, -0.25) is 9.69 Å². The molecule has 0 saturated carbocycles. The van der Waals surface area contributed by atoms with Gasteiger partial charge in [0.2, 0.25) is 23.2 Å². The Morgan fingerprint density at radius 1 is 1.03 bits per heavy atom. The van der Waals surface area contributed by atoms with Gasteiger partial charge in [-0.1, -0.05) is 80.1 Å². The summed E-state index contributed by atoms with van der Waals surface area (Å²) in [4.78, 5) is 19.7.